The number of benzene rings is 1. The van der Waals surface area contributed by atoms with Crippen molar-refractivity contribution in [3.05, 3.63) is 44.9 Å². The van der Waals surface area contributed by atoms with Gasteiger partial charge in [-0.05, 0) is 24.6 Å². The van der Waals surface area contributed by atoms with E-state index in [4.69, 9.17) is 27.9 Å². The molecule has 0 fully saturated rings. The van der Waals surface area contributed by atoms with Crippen molar-refractivity contribution in [3.63, 3.8) is 0 Å². The summed E-state index contributed by atoms with van der Waals surface area (Å²) in [6.45, 7) is 2.21. The average Bonchev–Trinajstić information content (AvgIpc) is 3.07. The van der Waals surface area contributed by atoms with Crippen LogP contribution in [0.1, 0.15) is 18.2 Å². The van der Waals surface area contributed by atoms with Crippen LogP contribution in [0, 0.1) is 0 Å². The van der Waals surface area contributed by atoms with Crippen molar-refractivity contribution >= 4 is 51.6 Å². The van der Waals surface area contributed by atoms with Crippen LogP contribution >= 0.6 is 34.5 Å². The van der Waals surface area contributed by atoms with Crippen LogP contribution in [0.2, 0.25) is 10.0 Å². The number of hydrogen-bond acceptors (Lipinski definition) is 5. The van der Waals surface area contributed by atoms with Gasteiger partial charge < -0.3 is 15.4 Å². The van der Waals surface area contributed by atoms with Gasteiger partial charge in [-0.1, -0.05) is 29.3 Å². The third-order valence-corrected chi connectivity index (χ3v) is 4.92. The second-order valence-electron chi connectivity index (χ2n) is 5.30. The lowest BCUT2D eigenvalue weighted by molar-refractivity contribution is -0.130. The number of thiazole rings is 1. The first kappa shape index (κ1) is 20.4. The van der Waals surface area contributed by atoms with E-state index in [0.29, 0.717) is 27.4 Å². The van der Waals surface area contributed by atoms with Gasteiger partial charge in [0.15, 0.2) is 5.13 Å². The molecule has 0 spiro atoms. The van der Waals surface area contributed by atoms with Crippen LogP contribution in [0.25, 0.3) is 0 Å². The van der Waals surface area contributed by atoms with Gasteiger partial charge >= 0.3 is 6.03 Å². The molecule has 2 rings (SSSR count). The highest BCUT2D eigenvalue weighted by Gasteiger charge is 2.12. The maximum atomic E-state index is 11.9. The molecule has 1 heterocycles. The number of methoxy groups -OCH3 is 1. The van der Waals surface area contributed by atoms with Crippen molar-refractivity contribution in [2.45, 2.75) is 26.1 Å². The van der Waals surface area contributed by atoms with Crippen LogP contribution in [-0.4, -0.2) is 30.1 Å². The van der Waals surface area contributed by atoms with Gasteiger partial charge in [-0.25, -0.2) is 9.78 Å². The summed E-state index contributed by atoms with van der Waals surface area (Å²) in [7, 11) is 1.46. The Morgan fingerprint density at radius 2 is 2.00 bits per heavy atom. The zero-order chi connectivity index (χ0) is 19.1. The molecule has 2 aromatic rings. The van der Waals surface area contributed by atoms with Gasteiger partial charge in [-0.3, -0.25) is 10.1 Å². The van der Waals surface area contributed by atoms with Crippen molar-refractivity contribution in [1.29, 1.82) is 0 Å². The van der Waals surface area contributed by atoms with E-state index in [9.17, 15) is 9.59 Å². The number of carbonyl (C=O) groups excluding carboxylic acids is 2. The van der Waals surface area contributed by atoms with Crippen LogP contribution in [0.5, 0.6) is 0 Å². The van der Waals surface area contributed by atoms with Gasteiger partial charge in [-0.15, -0.1) is 11.3 Å². The van der Waals surface area contributed by atoms with Crippen molar-refractivity contribution in [2.75, 3.05) is 12.4 Å². The summed E-state index contributed by atoms with van der Waals surface area (Å²) in [6.07, 6.45) is -0.529. The summed E-state index contributed by atoms with van der Waals surface area (Å²) in [5.41, 5.74) is 1.47. The summed E-state index contributed by atoms with van der Waals surface area (Å²) in [4.78, 5) is 27.8. The molecule has 3 amide bonds. The first-order valence-corrected chi connectivity index (χ1v) is 9.26. The summed E-state index contributed by atoms with van der Waals surface area (Å²) >= 11 is 13.1. The number of urea groups is 1. The minimum Gasteiger partial charge on any atom is -0.372 e. The number of aromatic nitrogens is 1. The van der Waals surface area contributed by atoms with E-state index >= 15 is 0 Å². The highest BCUT2D eigenvalue weighted by Crippen LogP contribution is 2.22. The molecule has 0 radical (unpaired) electrons. The van der Waals surface area contributed by atoms with E-state index in [1.165, 1.54) is 18.4 Å². The molecule has 1 aromatic heterocycles. The Hall–Kier alpha value is -1.87. The third-order valence-electron chi connectivity index (χ3n) is 3.38. The number of nitrogens with zero attached hydrogens (tertiary/aromatic N) is 1. The number of amides is 3. The van der Waals surface area contributed by atoms with Crippen LogP contribution in [0.15, 0.2) is 23.6 Å². The van der Waals surface area contributed by atoms with Crippen molar-refractivity contribution < 1.29 is 14.3 Å². The number of nitrogens with one attached hydrogen (secondary N) is 3. The predicted octanol–water partition coefficient (Wildman–Crippen LogP) is 3.42. The minimum absolute atomic E-state index is 0.227. The zero-order valence-corrected chi connectivity index (χ0v) is 16.5. The van der Waals surface area contributed by atoms with Crippen LogP contribution in [-0.2, 0) is 22.6 Å². The van der Waals surface area contributed by atoms with E-state index in [1.54, 1.807) is 30.5 Å². The lowest BCUT2D eigenvalue weighted by atomic mass is 10.2. The Morgan fingerprint density at radius 1 is 1.23 bits per heavy atom. The average molecular weight is 417 g/mol. The Morgan fingerprint density at radius 3 is 2.69 bits per heavy atom. The maximum absolute atomic E-state index is 11.9. The van der Waals surface area contributed by atoms with E-state index in [1.807, 2.05) is 0 Å². The molecular weight excluding hydrogens is 399 g/mol. The molecule has 0 saturated carbocycles. The molecule has 10 heteroatoms. The number of rotatable bonds is 7. The molecule has 1 aromatic carbocycles. The van der Waals surface area contributed by atoms with E-state index < -0.39 is 12.1 Å². The lowest BCUT2D eigenvalue weighted by Gasteiger charge is -2.09. The monoisotopic (exact) mass is 416 g/mol. The topological polar surface area (TPSA) is 92.4 Å². The quantitative estimate of drug-likeness (QED) is 0.644. The second-order valence-corrected chi connectivity index (χ2v) is 6.97. The second kappa shape index (κ2) is 9.72. The predicted molar refractivity (Wildman–Crippen MR) is 103 cm³/mol. The highest BCUT2D eigenvalue weighted by atomic mass is 35.5. The Labute approximate surface area is 165 Å². The molecular formula is C16H18Cl2N4O3S. The van der Waals surface area contributed by atoms with Gasteiger partial charge in [0.2, 0.25) is 5.91 Å². The number of anilines is 1. The zero-order valence-electron chi connectivity index (χ0n) is 14.1. The number of ether oxygens (including phenoxy) is 1. The first-order valence-electron chi connectivity index (χ1n) is 7.62. The summed E-state index contributed by atoms with van der Waals surface area (Å²) in [5.74, 6) is -0.227. The van der Waals surface area contributed by atoms with Gasteiger partial charge in [0, 0.05) is 19.0 Å². The fraction of sp³-hybridized carbons (Fsp3) is 0.312. The fourth-order valence-electron chi connectivity index (χ4n) is 1.85. The standard InChI is InChI=1S/C16H18Cl2N4O3S/c1-9(25-2)14(23)19-7-11-8-26-16(21-11)22-15(24)20-6-10-3-4-12(17)13(18)5-10/h3-5,8-9H,6-7H2,1-2H3,(H,19,23)(H2,20,21,22,24). The third kappa shape index (κ3) is 6.14. The van der Waals surface area contributed by atoms with Crippen LogP contribution in [0.3, 0.4) is 0 Å². The largest absolute Gasteiger partial charge is 0.372 e. The molecule has 1 atom stereocenters. The van der Waals surface area contributed by atoms with Crippen molar-refractivity contribution in [2.24, 2.45) is 0 Å². The number of halogens is 2. The van der Waals surface area contributed by atoms with Crippen molar-refractivity contribution in [3.8, 4) is 0 Å². The lowest BCUT2D eigenvalue weighted by Crippen LogP contribution is -2.33. The van der Waals surface area contributed by atoms with Gasteiger partial charge in [0.1, 0.15) is 6.10 Å². The normalized spacial score (nSPS) is 11.7. The smallest absolute Gasteiger partial charge is 0.321 e. The molecule has 1 unspecified atom stereocenters. The molecule has 3 N–H and O–H groups in total. The van der Waals surface area contributed by atoms with E-state index in [0.717, 1.165) is 5.56 Å². The fourth-order valence-corrected chi connectivity index (χ4v) is 2.87. The first-order chi connectivity index (χ1) is 12.4. The SMILES string of the molecule is COC(C)C(=O)NCc1csc(NC(=O)NCc2ccc(Cl)c(Cl)c2)n1. The Balaban J connectivity index is 1.79. The van der Waals surface area contributed by atoms with E-state index in [-0.39, 0.29) is 12.5 Å². The number of carbonyl (C=O) groups is 2. The Kier molecular flexibility index (Phi) is 7.65. The molecule has 140 valence electrons. The summed E-state index contributed by atoms with van der Waals surface area (Å²) < 4.78 is 4.92. The van der Waals surface area contributed by atoms with Crippen LogP contribution in [0.4, 0.5) is 9.93 Å². The summed E-state index contributed by atoms with van der Waals surface area (Å²) in [5, 5.41) is 11.1. The van der Waals surface area contributed by atoms with Crippen LogP contribution < -0.4 is 16.0 Å². The molecule has 0 bridgehead atoms. The highest BCUT2D eigenvalue weighted by molar-refractivity contribution is 7.13. The summed E-state index contributed by atoms with van der Waals surface area (Å²) in [6, 6.07) is 4.74. The van der Waals surface area contributed by atoms with Gasteiger partial charge in [-0.2, -0.15) is 0 Å². The molecule has 0 aliphatic heterocycles. The van der Waals surface area contributed by atoms with Crippen molar-refractivity contribution in [1.82, 2.24) is 15.6 Å². The molecule has 7 nitrogen and oxygen atoms in total. The maximum Gasteiger partial charge on any atom is 0.321 e. The van der Waals surface area contributed by atoms with Gasteiger partial charge in [0.05, 0.1) is 22.3 Å². The molecule has 0 aliphatic carbocycles. The minimum atomic E-state index is -0.529. The molecule has 26 heavy (non-hydrogen) atoms. The van der Waals surface area contributed by atoms with Gasteiger partial charge in [0.25, 0.3) is 0 Å². The molecule has 0 saturated heterocycles. The number of hydrogen-bond donors (Lipinski definition) is 3. The molecule has 0 aliphatic rings. The van der Waals surface area contributed by atoms with E-state index in [2.05, 4.69) is 20.9 Å². The Bertz CT molecular complexity index is 785.